The van der Waals surface area contributed by atoms with Gasteiger partial charge in [0, 0.05) is 11.9 Å². The first-order valence-electron chi connectivity index (χ1n) is 6.58. The predicted molar refractivity (Wildman–Crippen MR) is 82.3 cm³/mol. The summed E-state index contributed by atoms with van der Waals surface area (Å²) in [5, 5.41) is 2.79. The zero-order valence-corrected chi connectivity index (χ0v) is 11.8. The largest absolute Gasteiger partial charge is 0.447 e. The number of nitrogens with zero attached hydrogens (tertiary/aromatic N) is 1. The van der Waals surface area contributed by atoms with Gasteiger partial charge in [0.15, 0.2) is 5.58 Å². The van der Waals surface area contributed by atoms with Crippen molar-refractivity contribution >= 4 is 28.4 Å². The highest BCUT2D eigenvalue weighted by Crippen LogP contribution is 2.27. The minimum Gasteiger partial charge on any atom is -0.447 e. The molecule has 0 atom stereocenters. The fourth-order valence-corrected chi connectivity index (χ4v) is 2.12. The Morgan fingerprint density at radius 3 is 2.76 bits per heavy atom. The van der Waals surface area contributed by atoms with Crippen LogP contribution < -0.4 is 11.1 Å². The zero-order chi connectivity index (χ0) is 15.0. The van der Waals surface area contributed by atoms with Crippen molar-refractivity contribution in [3.05, 3.63) is 53.4 Å². The van der Waals surface area contributed by atoms with Crippen LogP contribution in [0.1, 0.15) is 21.7 Å². The van der Waals surface area contributed by atoms with Gasteiger partial charge in [-0.2, -0.15) is 0 Å². The number of aromatic nitrogens is 1. The number of fused-ring (bicyclic) bond motifs is 1. The highest BCUT2D eigenvalue weighted by atomic mass is 16.3. The molecular weight excluding hydrogens is 266 g/mol. The number of furan rings is 1. The minimum absolute atomic E-state index is 0.0851. The van der Waals surface area contributed by atoms with Crippen LogP contribution >= 0.6 is 0 Å². The quantitative estimate of drug-likeness (QED) is 0.755. The lowest BCUT2D eigenvalue weighted by molar-refractivity contribution is 0.1000. The summed E-state index contributed by atoms with van der Waals surface area (Å²) in [6.45, 7) is 4.01. The number of nitrogen functional groups attached to an aromatic ring is 1. The Kier molecular flexibility index (Phi) is 3.10. The number of benzene rings is 1. The molecule has 0 aliphatic rings. The molecule has 1 amide bonds. The third kappa shape index (κ3) is 2.33. The SMILES string of the molecule is Cc1ccc(NC(=O)c2oc3cccnc3c2N)cc1C. The third-order valence-electron chi connectivity index (χ3n) is 3.45. The number of hydrogen-bond donors (Lipinski definition) is 2. The topological polar surface area (TPSA) is 81.2 Å². The first-order chi connectivity index (χ1) is 10.1. The number of nitrogens with one attached hydrogen (secondary N) is 1. The third-order valence-corrected chi connectivity index (χ3v) is 3.45. The molecule has 3 N–H and O–H groups in total. The summed E-state index contributed by atoms with van der Waals surface area (Å²) in [5.41, 5.74) is 10.2. The molecular formula is C16H15N3O2. The van der Waals surface area contributed by atoms with Gasteiger partial charge in [-0.1, -0.05) is 6.07 Å². The zero-order valence-electron chi connectivity index (χ0n) is 11.8. The van der Waals surface area contributed by atoms with Crippen LogP contribution in [-0.4, -0.2) is 10.9 Å². The number of carbonyl (C=O) groups is 1. The number of anilines is 2. The van der Waals surface area contributed by atoms with Crippen LogP contribution in [0.15, 0.2) is 40.9 Å². The Labute approximate surface area is 121 Å². The van der Waals surface area contributed by atoms with E-state index >= 15 is 0 Å². The van der Waals surface area contributed by atoms with Crippen molar-refractivity contribution in [1.82, 2.24) is 4.98 Å². The second-order valence-corrected chi connectivity index (χ2v) is 4.95. The van der Waals surface area contributed by atoms with E-state index in [9.17, 15) is 4.79 Å². The minimum atomic E-state index is -0.381. The molecule has 0 saturated heterocycles. The number of amides is 1. The maximum absolute atomic E-state index is 12.3. The number of hydrogen-bond acceptors (Lipinski definition) is 4. The van der Waals surface area contributed by atoms with E-state index in [2.05, 4.69) is 10.3 Å². The van der Waals surface area contributed by atoms with Gasteiger partial charge in [0.2, 0.25) is 5.76 Å². The summed E-state index contributed by atoms with van der Waals surface area (Å²) in [6, 6.07) is 9.16. The molecule has 0 aliphatic heterocycles. The molecule has 0 radical (unpaired) electrons. The van der Waals surface area contributed by atoms with Crippen LogP contribution in [0.25, 0.3) is 11.1 Å². The van der Waals surface area contributed by atoms with E-state index in [1.165, 1.54) is 5.56 Å². The van der Waals surface area contributed by atoms with E-state index < -0.39 is 0 Å². The maximum atomic E-state index is 12.3. The molecule has 0 aliphatic carbocycles. The monoisotopic (exact) mass is 281 g/mol. The standard InChI is InChI=1S/C16H15N3O2/c1-9-5-6-11(8-10(9)2)19-16(20)15-13(17)14-12(21-15)4-3-7-18-14/h3-8H,17H2,1-2H3,(H,19,20). The van der Waals surface area contributed by atoms with Crippen LogP contribution in [0, 0.1) is 13.8 Å². The van der Waals surface area contributed by atoms with Gasteiger partial charge in [-0.3, -0.25) is 9.78 Å². The van der Waals surface area contributed by atoms with E-state index in [1.807, 2.05) is 32.0 Å². The highest BCUT2D eigenvalue weighted by Gasteiger charge is 2.19. The molecule has 106 valence electrons. The van der Waals surface area contributed by atoms with Crippen LogP contribution in [0.2, 0.25) is 0 Å². The Hall–Kier alpha value is -2.82. The average molecular weight is 281 g/mol. The molecule has 0 bridgehead atoms. The first kappa shape index (κ1) is 13.2. The number of carbonyl (C=O) groups excluding carboxylic acids is 1. The highest BCUT2D eigenvalue weighted by molar-refractivity contribution is 6.10. The van der Waals surface area contributed by atoms with Crippen molar-refractivity contribution in [2.75, 3.05) is 11.1 Å². The van der Waals surface area contributed by atoms with Gasteiger partial charge < -0.3 is 15.5 Å². The Balaban J connectivity index is 1.93. The van der Waals surface area contributed by atoms with Crippen molar-refractivity contribution in [2.45, 2.75) is 13.8 Å². The average Bonchev–Trinajstić information content (AvgIpc) is 2.81. The summed E-state index contributed by atoms with van der Waals surface area (Å²) in [4.78, 5) is 16.4. The summed E-state index contributed by atoms with van der Waals surface area (Å²) in [6.07, 6.45) is 1.61. The fourth-order valence-electron chi connectivity index (χ4n) is 2.12. The molecule has 5 nitrogen and oxygen atoms in total. The van der Waals surface area contributed by atoms with Gasteiger partial charge in [0.1, 0.15) is 11.2 Å². The van der Waals surface area contributed by atoms with Gasteiger partial charge in [-0.05, 0) is 49.2 Å². The lowest BCUT2D eigenvalue weighted by atomic mass is 10.1. The molecule has 5 heteroatoms. The molecule has 2 heterocycles. The van der Waals surface area contributed by atoms with Crippen LogP contribution in [-0.2, 0) is 0 Å². The molecule has 3 aromatic rings. The first-order valence-corrected chi connectivity index (χ1v) is 6.58. The van der Waals surface area contributed by atoms with Crippen molar-refractivity contribution < 1.29 is 9.21 Å². The number of pyridine rings is 1. The molecule has 21 heavy (non-hydrogen) atoms. The normalized spacial score (nSPS) is 10.8. The number of aryl methyl sites for hydroxylation is 2. The molecule has 1 aromatic carbocycles. The molecule has 0 fully saturated rings. The van der Waals surface area contributed by atoms with E-state index in [4.69, 9.17) is 10.2 Å². The van der Waals surface area contributed by atoms with Gasteiger partial charge in [-0.15, -0.1) is 0 Å². The summed E-state index contributed by atoms with van der Waals surface area (Å²) < 4.78 is 5.49. The summed E-state index contributed by atoms with van der Waals surface area (Å²) >= 11 is 0. The van der Waals surface area contributed by atoms with Crippen LogP contribution in [0.3, 0.4) is 0 Å². The van der Waals surface area contributed by atoms with Crippen LogP contribution in [0.5, 0.6) is 0 Å². The van der Waals surface area contributed by atoms with Gasteiger partial charge >= 0.3 is 0 Å². The number of nitrogens with two attached hydrogens (primary N) is 1. The van der Waals surface area contributed by atoms with Crippen molar-refractivity contribution in [3.63, 3.8) is 0 Å². The molecule has 0 unspecified atom stereocenters. The maximum Gasteiger partial charge on any atom is 0.293 e. The van der Waals surface area contributed by atoms with Crippen LogP contribution in [0.4, 0.5) is 11.4 Å². The fraction of sp³-hybridized carbons (Fsp3) is 0.125. The van der Waals surface area contributed by atoms with E-state index in [0.29, 0.717) is 16.8 Å². The molecule has 3 rings (SSSR count). The Morgan fingerprint density at radius 2 is 2.05 bits per heavy atom. The lowest BCUT2D eigenvalue weighted by Crippen LogP contribution is -2.12. The van der Waals surface area contributed by atoms with Crippen molar-refractivity contribution in [3.8, 4) is 0 Å². The molecule has 0 saturated carbocycles. The number of rotatable bonds is 2. The Bertz CT molecular complexity index is 837. The van der Waals surface area contributed by atoms with Crippen molar-refractivity contribution in [2.24, 2.45) is 0 Å². The van der Waals surface area contributed by atoms with E-state index in [0.717, 1.165) is 5.56 Å². The van der Waals surface area contributed by atoms with Gasteiger partial charge in [0.25, 0.3) is 5.91 Å². The predicted octanol–water partition coefficient (Wildman–Crippen LogP) is 3.28. The Morgan fingerprint density at radius 1 is 1.24 bits per heavy atom. The summed E-state index contributed by atoms with van der Waals surface area (Å²) in [5.74, 6) is -0.296. The van der Waals surface area contributed by atoms with Gasteiger partial charge in [0.05, 0.1) is 0 Å². The smallest absolute Gasteiger partial charge is 0.293 e. The molecule has 2 aromatic heterocycles. The second-order valence-electron chi connectivity index (χ2n) is 4.95. The van der Waals surface area contributed by atoms with E-state index in [1.54, 1.807) is 18.3 Å². The lowest BCUT2D eigenvalue weighted by Gasteiger charge is -2.06. The van der Waals surface area contributed by atoms with Crippen molar-refractivity contribution in [1.29, 1.82) is 0 Å². The molecule has 0 spiro atoms. The van der Waals surface area contributed by atoms with E-state index in [-0.39, 0.29) is 17.4 Å². The van der Waals surface area contributed by atoms with Gasteiger partial charge in [-0.25, -0.2) is 0 Å². The summed E-state index contributed by atoms with van der Waals surface area (Å²) in [7, 11) is 0. The second kappa shape index (κ2) is 4.94.